The zero-order valence-corrected chi connectivity index (χ0v) is 15.4. The van der Waals surface area contributed by atoms with E-state index in [-0.39, 0.29) is 0 Å². The maximum atomic E-state index is 11.0. The van der Waals surface area contributed by atoms with E-state index in [9.17, 15) is 5.53 Å². The minimum Gasteiger partial charge on any atom is -0.493 e. The number of hydrogen-bond acceptors (Lipinski definition) is 0. The fraction of sp³-hybridized carbons (Fsp3) is 0.304. The van der Waals surface area contributed by atoms with Crippen molar-refractivity contribution < 1.29 is 4.70 Å². The molecule has 1 heterocycles. The smallest absolute Gasteiger partial charge is 0.210 e. The molecule has 3 rings (SSSR count). The van der Waals surface area contributed by atoms with Crippen molar-refractivity contribution in [2.45, 2.75) is 46.5 Å². The molecule has 2 aromatic carbocycles. The van der Waals surface area contributed by atoms with Gasteiger partial charge in [-0.3, -0.25) is 0 Å². The molecule has 2 nitrogen and oxygen atoms in total. The minimum atomic E-state index is 0.867. The summed E-state index contributed by atoms with van der Waals surface area (Å²) in [5.74, 6) is 0. The highest BCUT2D eigenvalue weighted by Gasteiger charge is 2.28. The van der Waals surface area contributed by atoms with E-state index in [2.05, 4.69) is 69.3 Å². The zero-order chi connectivity index (χ0) is 17.8. The molecule has 0 aliphatic carbocycles. The highest BCUT2D eigenvalue weighted by atomic mass is 15.2. The van der Waals surface area contributed by atoms with Gasteiger partial charge in [0, 0.05) is 22.8 Å². The largest absolute Gasteiger partial charge is 0.493 e. The molecule has 0 radical (unpaired) electrons. The first-order valence-electron chi connectivity index (χ1n) is 9.18. The zero-order valence-electron chi connectivity index (χ0n) is 15.4. The predicted molar refractivity (Wildman–Crippen MR) is 105 cm³/mol. The summed E-state index contributed by atoms with van der Waals surface area (Å²) in [7, 11) is 0. The molecule has 1 aliphatic heterocycles. The molecule has 0 bridgehead atoms. The first kappa shape index (κ1) is 17.3. The normalized spacial score (nSPS) is 14.2. The number of rotatable bonds is 6. The van der Waals surface area contributed by atoms with Crippen molar-refractivity contribution in [1.82, 2.24) is 0 Å². The van der Waals surface area contributed by atoms with Crippen molar-refractivity contribution in [2.24, 2.45) is 0 Å². The van der Waals surface area contributed by atoms with Gasteiger partial charge in [0.1, 0.15) is 0 Å². The van der Waals surface area contributed by atoms with Crippen molar-refractivity contribution >= 4 is 11.4 Å². The maximum Gasteiger partial charge on any atom is 0.210 e. The van der Waals surface area contributed by atoms with Crippen LogP contribution in [0, 0.1) is 13.8 Å². The fourth-order valence-electron chi connectivity index (χ4n) is 3.42. The second-order valence-electron chi connectivity index (χ2n) is 6.91. The van der Waals surface area contributed by atoms with Gasteiger partial charge >= 0.3 is 0 Å². The van der Waals surface area contributed by atoms with Crippen molar-refractivity contribution in [2.75, 3.05) is 0 Å². The Morgan fingerprint density at radius 2 is 1.52 bits per heavy atom. The molecule has 0 fully saturated rings. The van der Waals surface area contributed by atoms with Crippen LogP contribution >= 0.6 is 0 Å². The second kappa shape index (κ2) is 7.60. The first-order chi connectivity index (χ1) is 12.1. The minimum absolute atomic E-state index is 0.867. The topological polar surface area (TPSA) is 25.3 Å². The quantitative estimate of drug-likeness (QED) is 0.417. The Kier molecular flexibility index (Phi) is 5.28. The average molecular weight is 330 g/mol. The van der Waals surface area contributed by atoms with Crippen LogP contribution < -0.4 is 0 Å². The molecule has 0 unspecified atom stereocenters. The van der Waals surface area contributed by atoms with Crippen molar-refractivity contribution in [3.63, 3.8) is 0 Å². The van der Waals surface area contributed by atoms with E-state index in [1.807, 2.05) is 6.07 Å². The fourth-order valence-corrected chi connectivity index (χ4v) is 3.42. The Bertz CT molecular complexity index is 856. The summed E-state index contributed by atoms with van der Waals surface area (Å²) < 4.78 is 1.38. The monoisotopic (exact) mass is 330 g/mol. The second-order valence-corrected chi connectivity index (χ2v) is 6.91. The van der Waals surface area contributed by atoms with Crippen molar-refractivity contribution in [1.29, 1.82) is 0 Å². The van der Waals surface area contributed by atoms with E-state index in [0.29, 0.717) is 0 Å². The number of allylic oxidation sites excluding steroid dienone is 2. The lowest BCUT2D eigenvalue weighted by Crippen LogP contribution is -2.02. The van der Waals surface area contributed by atoms with Crippen LogP contribution in [-0.4, -0.2) is 4.70 Å². The lowest BCUT2D eigenvalue weighted by atomic mass is 10.0. The van der Waals surface area contributed by atoms with Crippen LogP contribution in [0.5, 0.6) is 0 Å². The summed E-state index contributed by atoms with van der Waals surface area (Å²) in [6.45, 7) is 6.39. The van der Waals surface area contributed by atoms with Gasteiger partial charge in [-0.25, -0.2) is 4.70 Å². The number of aryl methyl sites for hydroxylation is 2. The third-order valence-electron chi connectivity index (χ3n) is 4.71. The molecule has 25 heavy (non-hydrogen) atoms. The Balaban J connectivity index is 2.01. The number of nitrogens with zero attached hydrogens (tertiary/aromatic N) is 2. The Hall–Kier alpha value is -2.48. The summed E-state index contributed by atoms with van der Waals surface area (Å²) in [6.07, 6.45) is 6.70. The van der Waals surface area contributed by atoms with Gasteiger partial charge in [0.05, 0.1) is 0 Å². The van der Waals surface area contributed by atoms with Crippen LogP contribution in [0.15, 0.2) is 60.2 Å². The van der Waals surface area contributed by atoms with Gasteiger partial charge in [-0.2, -0.15) is 0 Å². The molecule has 0 amide bonds. The van der Waals surface area contributed by atoms with Gasteiger partial charge in [0.25, 0.3) is 0 Å². The summed E-state index contributed by atoms with van der Waals surface area (Å²) in [6, 6.07) is 16.7. The molecular weight excluding hydrogens is 304 g/mol. The van der Waals surface area contributed by atoms with Crippen LogP contribution in [0.2, 0.25) is 0 Å². The number of benzene rings is 2. The lowest BCUT2D eigenvalue weighted by Gasteiger charge is -2.10. The molecular formula is C23H26N2. The summed E-state index contributed by atoms with van der Waals surface area (Å²) in [5, 5.41) is 0. The van der Waals surface area contributed by atoms with Crippen LogP contribution in [-0.2, 0) is 0 Å². The maximum absolute atomic E-state index is 11.0. The summed E-state index contributed by atoms with van der Waals surface area (Å²) in [5.41, 5.74) is 18.5. The van der Waals surface area contributed by atoms with Crippen LogP contribution in [0.1, 0.15) is 54.9 Å². The average Bonchev–Trinajstić information content (AvgIpc) is 2.91. The van der Waals surface area contributed by atoms with Crippen LogP contribution in [0.4, 0.5) is 0 Å². The summed E-state index contributed by atoms with van der Waals surface area (Å²) in [4.78, 5) is 0. The summed E-state index contributed by atoms with van der Waals surface area (Å²) >= 11 is 0. The SMILES string of the molecule is CCCCCC1=C(c2cccc(C)c2)[N+](=[N-])C(c2cccc(C)c2)=C1. The molecule has 1 aliphatic rings. The molecule has 0 saturated heterocycles. The van der Waals surface area contributed by atoms with Gasteiger partial charge in [-0.15, -0.1) is 0 Å². The third kappa shape index (κ3) is 3.79. The molecule has 0 saturated carbocycles. The van der Waals surface area contributed by atoms with E-state index in [1.165, 1.54) is 34.2 Å². The molecule has 2 heteroatoms. The Labute approximate surface area is 151 Å². The molecule has 0 N–H and O–H groups in total. The van der Waals surface area contributed by atoms with E-state index in [0.717, 1.165) is 35.4 Å². The van der Waals surface area contributed by atoms with E-state index in [1.54, 1.807) is 0 Å². The molecule has 128 valence electrons. The Morgan fingerprint density at radius 1 is 0.880 bits per heavy atom. The van der Waals surface area contributed by atoms with Crippen molar-refractivity contribution in [3.05, 3.63) is 88.0 Å². The predicted octanol–water partition coefficient (Wildman–Crippen LogP) is 6.68. The number of hydrogen-bond donors (Lipinski definition) is 0. The molecule has 0 aromatic heterocycles. The van der Waals surface area contributed by atoms with E-state index in [4.69, 9.17) is 0 Å². The highest BCUT2D eigenvalue weighted by Crippen LogP contribution is 2.37. The first-order valence-corrected chi connectivity index (χ1v) is 9.18. The Morgan fingerprint density at radius 3 is 2.16 bits per heavy atom. The van der Waals surface area contributed by atoms with Gasteiger partial charge in [0.2, 0.25) is 11.4 Å². The standard InChI is InChI=1S/C23H26N2/c1-4-5-6-11-21-16-22(19-12-7-9-17(2)14-19)25(24)23(21)20-13-8-10-18(3)15-20/h7-10,12-16H,4-6,11H2,1-3H3. The van der Waals surface area contributed by atoms with E-state index < -0.39 is 0 Å². The van der Waals surface area contributed by atoms with Gasteiger partial charge in [0.15, 0.2) is 0 Å². The number of unbranched alkanes of at least 4 members (excludes halogenated alkanes) is 2. The lowest BCUT2D eigenvalue weighted by molar-refractivity contribution is -0.344. The van der Waals surface area contributed by atoms with Gasteiger partial charge < -0.3 is 5.53 Å². The highest BCUT2D eigenvalue weighted by molar-refractivity contribution is 5.78. The van der Waals surface area contributed by atoms with Crippen LogP contribution in [0.3, 0.4) is 0 Å². The molecule has 2 aromatic rings. The molecule has 0 atom stereocenters. The van der Waals surface area contributed by atoms with E-state index >= 15 is 0 Å². The van der Waals surface area contributed by atoms with Gasteiger partial charge in [-0.1, -0.05) is 55.2 Å². The third-order valence-corrected chi connectivity index (χ3v) is 4.71. The van der Waals surface area contributed by atoms with Gasteiger partial charge in [-0.05, 0) is 51.0 Å². The van der Waals surface area contributed by atoms with Crippen LogP contribution in [0.25, 0.3) is 16.9 Å². The molecule has 0 spiro atoms. The van der Waals surface area contributed by atoms with Crippen molar-refractivity contribution in [3.8, 4) is 0 Å².